The van der Waals surface area contributed by atoms with Crippen LogP contribution in [0.4, 0.5) is 13.2 Å². The first-order valence-electron chi connectivity index (χ1n) is 14.1. The molecule has 0 aliphatic carbocycles. The maximum atomic E-state index is 15.8. The average Bonchev–Trinajstić information content (AvgIpc) is 3.46. The number of nitriles is 1. The third kappa shape index (κ3) is 4.85. The molecule has 4 aromatic rings. The lowest BCUT2D eigenvalue weighted by molar-refractivity contribution is 0.0574. The molecule has 3 heterocycles. The van der Waals surface area contributed by atoms with Crippen molar-refractivity contribution < 1.29 is 23.1 Å². The molecule has 2 unspecified atom stereocenters. The SMILES string of the molecule is CC(C)(O)Cn1ccc2cc(-c3ccc(C(=O)N4C5CCC4CC(N)C5)cc3-c3ccc(C#N)c(F)c3)c(F)c(F)c21. The van der Waals surface area contributed by atoms with Gasteiger partial charge in [0.25, 0.3) is 5.91 Å². The predicted octanol–water partition coefficient (Wildman–Crippen LogP) is 6.13. The first-order valence-corrected chi connectivity index (χ1v) is 14.1. The van der Waals surface area contributed by atoms with E-state index in [2.05, 4.69) is 0 Å². The van der Waals surface area contributed by atoms with Gasteiger partial charge in [0.15, 0.2) is 11.6 Å². The van der Waals surface area contributed by atoms with E-state index in [1.54, 1.807) is 50.4 Å². The zero-order valence-electron chi connectivity index (χ0n) is 23.4. The van der Waals surface area contributed by atoms with Crippen molar-refractivity contribution in [2.75, 3.05) is 0 Å². The molecule has 42 heavy (non-hydrogen) atoms. The molecule has 2 fully saturated rings. The number of hydrogen-bond acceptors (Lipinski definition) is 4. The largest absolute Gasteiger partial charge is 0.389 e. The van der Waals surface area contributed by atoms with Gasteiger partial charge < -0.3 is 20.3 Å². The number of aliphatic hydroxyl groups is 1. The molecule has 6 rings (SSSR count). The van der Waals surface area contributed by atoms with Gasteiger partial charge in [-0.2, -0.15) is 5.26 Å². The Morgan fingerprint density at radius 2 is 1.71 bits per heavy atom. The second-order valence-electron chi connectivity index (χ2n) is 12.1. The van der Waals surface area contributed by atoms with E-state index in [0.717, 1.165) is 25.7 Å². The van der Waals surface area contributed by atoms with Gasteiger partial charge in [0, 0.05) is 40.8 Å². The number of carbonyl (C=O) groups excluding carboxylic acids is 1. The summed E-state index contributed by atoms with van der Waals surface area (Å²) in [6.45, 7) is 3.22. The number of halogens is 3. The number of aromatic nitrogens is 1. The first-order chi connectivity index (χ1) is 19.9. The van der Waals surface area contributed by atoms with Gasteiger partial charge in [-0.3, -0.25) is 4.79 Å². The zero-order chi connectivity index (χ0) is 29.9. The summed E-state index contributed by atoms with van der Waals surface area (Å²) in [5.74, 6) is -3.11. The Morgan fingerprint density at radius 3 is 2.36 bits per heavy atom. The summed E-state index contributed by atoms with van der Waals surface area (Å²) >= 11 is 0. The molecule has 2 atom stereocenters. The number of amides is 1. The summed E-state index contributed by atoms with van der Waals surface area (Å²) in [4.78, 5) is 15.7. The topological polar surface area (TPSA) is 95.3 Å². The Labute approximate surface area is 241 Å². The summed E-state index contributed by atoms with van der Waals surface area (Å²) in [7, 11) is 0. The van der Waals surface area contributed by atoms with E-state index in [1.807, 2.05) is 4.90 Å². The number of hydrogen-bond donors (Lipinski definition) is 2. The van der Waals surface area contributed by atoms with Crippen LogP contribution in [0.5, 0.6) is 0 Å². The van der Waals surface area contributed by atoms with Crippen LogP contribution in [-0.2, 0) is 6.54 Å². The van der Waals surface area contributed by atoms with Crippen molar-refractivity contribution >= 4 is 16.8 Å². The molecular weight excluding hydrogens is 541 g/mol. The number of benzene rings is 3. The summed E-state index contributed by atoms with van der Waals surface area (Å²) < 4.78 is 47.7. The van der Waals surface area contributed by atoms with E-state index >= 15 is 8.78 Å². The van der Waals surface area contributed by atoms with Crippen LogP contribution in [0, 0.1) is 28.8 Å². The molecule has 1 amide bonds. The van der Waals surface area contributed by atoms with Crippen LogP contribution in [0.1, 0.15) is 55.5 Å². The van der Waals surface area contributed by atoms with E-state index in [-0.39, 0.29) is 52.8 Å². The molecular formula is C33H31F3N4O2. The van der Waals surface area contributed by atoms with Crippen LogP contribution in [-0.4, -0.2) is 44.2 Å². The third-order valence-electron chi connectivity index (χ3n) is 8.45. The van der Waals surface area contributed by atoms with E-state index in [0.29, 0.717) is 22.1 Å². The molecule has 0 radical (unpaired) electrons. The van der Waals surface area contributed by atoms with E-state index < -0.39 is 23.1 Å². The molecule has 3 aromatic carbocycles. The van der Waals surface area contributed by atoms with Crippen molar-refractivity contribution in [1.29, 1.82) is 5.26 Å². The zero-order valence-corrected chi connectivity index (χ0v) is 23.4. The Kier molecular flexibility index (Phi) is 6.87. The number of nitrogens with zero attached hydrogens (tertiary/aromatic N) is 3. The minimum atomic E-state index is -1.15. The molecule has 6 nitrogen and oxygen atoms in total. The summed E-state index contributed by atoms with van der Waals surface area (Å²) in [6.07, 6.45) is 4.81. The lowest BCUT2D eigenvalue weighted by atomic mass is 9.90. The lowest BCUT2D eigenvalue weighted by Gasteiger charge is -2.38. The highest BCUT2D eigenvalue weighted by atomic mass is 19.2. The monoisotopic (exact) mass is 572 g/mol. The van der Waals surface area contributed by atoms with Crippen LogP contribution >= 0.6 is 0 Å². The van der Waals surface area contributed by atoms with E-state index in [9.17, 15) is 19.6 Å². The number of rotatable bonds is 5. The van der Waals surface area contributed by atoms with Crippen molar-refractivity contribution in [3.8, 4) is 28.3 Å². The first kappa shape index (κ1) is 28.0. The highest BCUT2D eigenvalue weighted by Crippen LogP contribution is 2.40. The number of piperidine rings is 1. The summed E-state index contributed by atoms with van der Waals surface area (Å²) in [6, 6.07) is 13.9. The smallest absolute Gasteiger partial charge is 0.254 e. The Morgan fingerprint density at radius 1 is 1.00 bits per heavy atom. The van der Waals surface area contributed by atoms with Crippen LogP contribution in [0.15, 0.2) is 54.7 Å². The van der Waals surface area contributed by atoms with Crippen molar-refractivity contribution in [3.63, 3.8) is 0 Å². The molecule has 2 aliphatic rings. The van der Waals surface area contributed by atoms with Gasteiger partial charge in [-0.05, 0) is 92.6 Å². The standard InChI is InChI=1S/C33H31F3N4O2/c1-33(2,42)17-39-10-9-19-11-27(29(35)30(36)31(19)39)25-8-5-20(12-26(25)18-3-4-21(16-37)28(34)13-18)32(41)40-23-6-7-24(40)15-22(38)14-23/h3-5,8-13,22-24,42H,6-7,14-15,17,38H2,1-2H3. The normalized spacial score (nSPS) is 20.2. The number of nitrogens with two attached hydrogens (primary N) is 1. The molecule has 9 heteroatoms. The van der Waals surface area contributed by atoms with Gasteiger partial charge in [-0.15, -0.1) is 0 Å². The molecule has 216 valence electrons. The highest BCUT2D eigenvalue weighted by molar-refractivity contribution is 5.99. The fraction of sp³-hybridized carbons (Fsp3) is 0.333. The predicted molar refractivity (Wildman–Crippen MR) is 154 cm³/mol. The van der Waals surface area contributed by atoms with Gasteiger partial charge >= 0.3 is 0 Å². The van der Waals surface area contributed by atoms with Gasteiger partial charge in [0.1, 0.15) is 11.9 Å². The molecule has 2 aliphatic heterocycles. The fourth-order valence-corrected chi connectivity index (χ4v) is 6.67. The maximum absolute atomic E-state index is 15.8. The summed E-state index contributed by atoms with van der Waals surface area (Å²) in [5, 5.41) is 19.9. The van der Waals surface area contributed by atoms with Crippen molar-refractivity contribution in [2.24, 2.45) is 5.73 Å². The summed E-state index contributed by atoms with van der Waals surface area (Å²) in [5.41, 5.74) is 6.14. The van der Waals surface area contributed by atoms with Crippen LogP contribution in [0.25, 0.3) is 33.2 Å². The molecule has 1 aromatic heterocycles. The van der Waals surface area contributed by atoms with Crippen LogP contribution in [0.2, 0.25) is 0 Å². The van der Waals surface area contributed by atoms with Gasteiger partial charge in [-0.1, -0.05) is 12.1 Å². The second-order valence-corrected chi connectivity index (χ2v) is 12.1. The fourth-order valence-electron chi connectivity index (χ4n) is 6.67. The van der Waals surface area contributed by atoms with E-state index in [4.69, 9.17) is 5.73 Å². The Bertz CT molecular complexity index is 1750. The maximum Gasteiger partial charge on any atom is 0.254 e. The molecule has 3 N–H and O–H groups in total. The highest BCUT2D eigenvalue weighted by Gasteiger charge is 2.42. The Balaban J connectivity index is 1.50. The van der Waals surface area contributed by atoms with Crippen LogP contribution < -0.4 is 5.73 Å². The van der Waals surface area contributed by atoms with Gasteiger partial charge in [-0.25, -0.2) is 13.2 Å². The number of carbonyl (C=O) groups is 1. The number of fused-ring (bicyclic) bond motifs is 3. The molecule has 0 spiro atoms. The van der Waals surface area contributed by atoms with E-state index in [1.165, 1.54) is 28.8 Å². The van der Waals surface area contributed by atoms with Gasteiger partial charge in [0.05, 0.1) is 23.2 Å². The van der Waals surface area contributed by atoms with Crippen molar-refractivity contribution in [3.05, 3.63) is 83.3 Å². The molecule has 0 saturated carbocycles. The van der Waals surface area contributed by atoms with Crippen LogP contribution in [0.3, 0.4) is 0 Å². The van der Waals surface area contributed by atoms with Crippen molar-refractivity contribution in [1.82, 2.24) is 9.47 Å². The molecule has 2 bridgehead atoms. The Hall–Kier alpha value is -4.13. The minimum Gasteiger partial charge on any atom is -0.389 e. The minimum absolute atomic E-state index is 0.0231. The van der Waals surface area contributed by atoms with Crippen molar-refractivity contribution in [2.45, 2.75) is 69.8 Å². The third-order valence-corrected chi connectivity index (χ3v) is 8.45. The lowest BCUT2D eigenvalue weighted by Crippen LogP contribution is -2.50. The second kappa shape index (κ2) is 10.3. The quantitative estimate of drug-likeness (QED) is 0.301. The van der Waals surface area contributed by atoms with Gasteiger partial charge in [0.2, 0.25) is 0 Å². The average molecular weight is 573 g/mol. The molecule has 2 saturated heterocycles.